The van der Waals surface area contributed by atoms with Crippen molar-refractivity contribution < 1.29 is 18.3 Å². The predicted molar refractivity (Wildman–Crippen MR) is 79.3 cm³/mol. The second-order valence-electron chi connectivity index (χ2n) is 5.89. The molecule has 1 fully saturated rings. The second-order valence-corrected chi connectivity index (χ2v) is 5.89. The first kappa shape index (κ1) is 16.8. The van der Waals surface area contributed by atoms with Crippen LogP contribution in [0.5, 0.6) is 0 Å². The molecule has 22 heavy (non-hydrogen) atoms. The summed E-state index contributed by atoms with van der Waals surface area (Å²) in [5, 5.41) is 6.04. The van der Waals surface area contributed by atoms with Crippen LogP contribution >= 0.6 is 0 Å². The van der Waals surface area contributed by atoms with E-state index in [1.54, 1.807) is 0 Å². The lowest BCUT2D eigenvalue weighted by Gasteiger charge is -2.26. The van der Waals surface area contributed by atoms with Crippen LogP contribution < -0.4 is 10.6 Å². The summed E-state index contributed by atoms with van der Waals surface area (Å²) in [5.41, 5.74) is 0.303. The van der Waals surface area contributed by atoms with Gasteiger partial charge in [0.15, 0.2) is 0 Å². The minimum absolute atomic E-state index is 0.0144. The van der Waals surface area contributed by atoms with Gasteiger partial charge >= 0.3 is 0 Å². The molecule has 4 nitrogen and oxygen atoms in total. The van der Waals surface area contributed by atoms with Crippen molar-refractivity contribution in [2.75, 3.05) is 19.8 Å². The highest BCUT2D eigenvalue weighted by molar-refractivity contribution is 5.77. The van der Waals surface area contributed by atoms with E-state index in [0.717, 1.165) is 12.6 Å². The van der Waals surface area contributed by atoms with Crippen molar-refractivity contribution in [1.82, 2.24) is 10.6 Å². The molecule has 1 amide bonds. The number of hydrogen-bond donors (Lipinski definition) is 2. The highest BCUT2D eigenvalue weighted by Gasteiger charge is 2.24. The molecule has 2 rings (SSSR count). The topological polar surface area (TPSA) is 50.4 Å². The quantitative estimate of drug-likeness (QED) is 0.876. The van der Waals surface area contributed by atoms with Crippen LogP contribution in [0.2, 0.25) is 0 Å². The summed E-state index contributed by atoms with van der Waals surface area (Å²) >= 11 is 0. The SMILES string of the molecule is CC(C)C(NC(=O)CC1COCCN1)c1ccc(F)cc1F. The lowest BCUT2D eigenvalue weighted by atomic mass is 9.95. The maximum Gasteiger partial charge on any atom is 0.222 e. The van der Waals surface area contributed by atoms with Gasteiger partial charge in [0.2, 0.25) is 5.91 Å². The average molecular weight is 312 g/mol. The third kappa shape index (κ3) is 4.48. The first-order valence-corrected chi connectivity index (χ1v) is 7.53. The molecule has 1 aromatic carbocycles. The lowest BCUT2D eigenvalue weighted by molar-refractivity contribution is -0.123. The highest BCUT2D eigenvalue weighted by Crippen LogP contribution is 2.25. The van der Waals surface area contributed by atoms with Gasteiger partial charge in [-0.2, -0.15) is 0 Å². The molecule has 0 bridgehead atoms. The molecule has 122 valence electrons. The second kappa shape index (κ2) is 7.65. The largest absolute Gasteiger partial charge is 0.378 e. The molecule has 1 aliphatic rings. The molecule has 0 saturated carbocycles. The molecule has 1 heterocycles. The zero-order valence-corrected chi connectivity index (χ0v) is 12.9. The Balaban J connectivity index is 2.03. The number of ether oxygens (including phenoxy) is 1. The number of amides is 1. The third-order valence-electron chi connectivity index (χ3n) is 3.71. The normalized spacial score (nSPS) is 20.0. The Bertz CT molecular complexity index is 517. The van der Waals surface area contributed by atoms with Crippen molar-refractivity contribution in [3.05, 3.63) is 35.4 Å². The van der Waals surface area contributed by atoms with E-state index in [0.29, 0.717) is 18.8 Å². The molecule has 0 aliphatic carbocycles. The van der Waals surface area contributed by atoms with Gasteiger partial charge in [-0.05, 0) is 12.0 Å². The summed E-state index contributed by atoms with van der Waals surface area (Å²) < 4.78 is 32.3. The summed E-state index contributed by atoms with van der Waals surface area (Å²) in [7, 11) is 0. The van der Waals surface area contributed by atoms with E-state index in [-0.39, 0.29) is 24.3 Å². The van der Waals surface area contributed by atoms with Crippen LogP contribution in [-0.4, -0.2) is 31.7 Å². The predicted octanol–water partition coefficient (Wildman–Crippen LogP) is 2.16. The number of hydrogen-bond acceptors (Lipinski definition) is 3. The van der Waals surface area contributed by atoms with Gasteiger partial charge in [0, 0.05) is 30.6 Å². The molecule has 0 radical (unpaired) electrons. The van der Waals surface area contributed by atoms with E-state index in [1.807, 2.05) is 13.8 Å². The molecule has 2 N–H and O–H groups in total. The molecule has 2 unspecified atom stereocenters. The number of halogens is 2. The summed E-state index contributed by atoms with van der Waals surface area (Å²) in [4.78, 5) is 12.2. The molecule has 1 aliphatic heterocycles. The van der Waals surface area contributed by atoms with Crippen LogP contribution in [0.15, 0.2) is 18.2 Å². The van der Waals surface area contributed by atoms with Crippen molar-refractivity contribution >= 4 is 5.91 Å². The number of benzene rings is 1. The van der Waals surface area contributed by atoms with Crippen LogP contribution in [0, 0.1) is 17.6 Å². The number of rotatable bonds is 5. The summed E-state index contributed by atoms with van der Waals surface area (Å²) in [5.74, 6) is -1.46. The van der Waals surface area contributed by atoms with Gasteiger partial charge in [0.1, 0.15) is 11.6 Å². The summed E-state index contributed by atoms with van der Waals surface area (Å²) in [6, 6.07) is 2.92. The van der Waals surface area contributed by atoms with E-state index >= 15 is 0 Å². The van der Waals surface area contributed by atoms with Gasteiger partial charge in [-0.3, -0.25) is 4.79 Å². The fourth-order valence-corrected chi connectivity index (χ4v) is 2.56. The maximum atomic E-state index is 13.9. The molecule has 1 aromatic rings. The first-order valence-electron chi connectivity index (χ1n) is 7.53. The zero-order chi connectivity index (χ0) is 16.1. The van der Waals surface area contributed by atoms with Gasteiger partial charge in [-0.15, -0.1) is 0 Å². The fraction of sp³-hybridized carbons (Fsp3) is 0.562. The Labute approximate surface area is 129 Å². The summed E-state index contributed by atoms with van der Waals surface area (Å²) in [6.07, 6.45) is 0.270. The van der Waals surface area contributed by atoms with Gasteiger partial charge in [-0.1, -0.05) is 19.9 Å². The average Bonchev–Trinajstić information content (AvgIpc) is 2.46. The van der Waals surface area contributed by atoms with Gasteiger partial charge in [-0.25, -0.2) is 8.78 Å². The molecule has 2 atom stereocenters. The molecule has 1 saturated heterocycles. The Morgan fingerprint density at radius 1 is 1.45 bits per heavy atom. The summed E-state index contributed by atoms with van der Waals surface area (Å²) in [6.45, 7) is 5.63. The molecule has 0 aromatic heterocycles. The molecular weight excluding hydrogens is 290 g/mol. The standard InChI is InChI=1S/C16H22F2N2O2/c1-10(2)16(13-4-3-11(17)7-14(13)18)20-15(21)8-12-9-22-6-5-19-12/h3-4,7,10,12,16,19H,5-6,8-9H2,1-2H3,(H,20,21). The van der Waals surface area contributed by atoms with Crippen molar-refractivity contribution in [1.29, 1.82) is 0 Å². The van der Waals surface area contributed by atoms with Crippen molar-refractivity contribution in [2.24, 2.45) is 5.92 Å². The van der Waals surface area contributed by atoms with Crippen LogP contribution in [-0.2, 0) is 9.53 Å². The Kier molecular flexibility index (Phi) is 5.85. The Morgan fingerprint density at radius 2 is 2.23 bits per heavy atom. The number of carbonyl (C=O) groups is 1. The van der Waals surface area contributed by atoms with Crippen LogP contribution in [0.4, 0.5) is 8.78 Å². The number of nitrogens with one attached hydrogen (secondary N) is 2. The Hall–Kier alpha value is -1.53. The van der Waals surface area contributed by atoms with E-state index in [2.05, 4.69) is 10.6 Å². The highest BCUT2D eigenvalue weighted by atomic mass is 19.1. The van der Waals surface area contributed by atoms with Crippen LogP contribution in [0.3, 0.4) is 0 Å². The monoisotopic (exact) mass is 312 g/mol. The molecule has 6 heteroatoms. The van der Waals surface area contributed by atoms with Crippen LogP contribution in [0.1, 0.15) is 31.9 Å². The van der Waals surface area contributed by atoms with E-state index in [4.69, 9.17) is 4.74 Å². The molecule has 0 spiro atoms. The minimum Gasteiger partial charge on any atom is -0.378 e. The minimum atomic E-state index is -0.641. The lowest BCUT2D eigenvalue weighted by Crippen LogP contribution is -2.45. The maximum absolute atomic E-state index is 13.9. The van der Waals surface area contributed by atoms with Crippen molar-refractivity contribution in [3.8, 4) is 0 Å². The van der Waals surface area contributed by atoms with Crippen LogP contribution in [0.25, 0.3) is 0 Å². The number of morpholine rings is 1. The smallest absolute Gasteiger partial charge is 0.222 e. The van der Waals surface area contributed by atoms with E-state index < -0.39 is 17.7 Å². The van der Waals surface area contributed by atoms with Gasteiger partial charge in [0.05, 0.1) is 19.3 Å². The van der Waals surface area contributed by atoms with Gasteiger partial charge in [0.25, 0.3) is 0 Å². The van der Waals surface area contributed by atoms with E-state index in [9.17, 15) is 13.6 Å². The number of carbonyl (C=O) groups excluding carboxylic acids is 1. The van der Waals surface area contributed by atoms with Gasteiger partial charge < -0.3 is 15.4 Å². The zero-order valence-electron chi connectivity index (χ0n) is 12.9. The third-order valence-corrected chi connectivity index (χ3v) is 3.71. The fourth-order valence-electron chi connectivity index (χ4n) is 2.56. The first-order chi connectivity index (χ1) is 10.5. The Morgan fingerprint density at radius 3 is 2.82 bits per heavy atom. The van der Waals surface area contributed by atoms with E-state index in [1.165, 1.54) is 12.1 Å². The molecular formula is C16H22F2N2O2. The van der Waals surface area contributed by atoms with Crippen molar-refractivity contribution in [3.63, 3.8) is 0 Å². The van der Waals surface area contributed by atoms with Crippen molar-refractivity contribution in [2.45, 2.75) is 32.4 Å².